The minimum atomic E-state index is -0.125. The average Bonchev–Trinajstić information content (AvgIpc) is 2.55. The molecule has 0 aromatic rings. The van der Waals surface area contributed by atoms with Gasteiger partial charge in [0.25, 0.3) is 0 Å². The van der Waals surface area contributed by atoms with Crippen molar-refractivity contribution in [1.82, 2.24) is 0 Å². The first-order valence-corrected chi connectivity index (χ1v) is 6.33. The third-order valence-electron chi connectivity index (χ3n) is 0.979. The Morgan fingerprint density at radius 2 is 0.850 bits per heavy atom. The molecule has 6 nitrogen and oxygen atoms in total. The van der Waals surface area contributed by atoms with Crippen molar-refractivity contribution in [3.05, 3.63) is 26.3 Å². The molecule has 0 aliphatic carbocycles. The molecule has 0 saturated heterocycles. The highest BCUT2D eigenvalue weighted by Crippen LogP contribution is 1.67. The first-order valence-electron chi connectivity index (χ1n) is 6.33. The van der Waals surface area contributed by atoms with Gasteiger partial charge in [-0.15, -0.1) is 26.3 Å². The summed E-state index contributed by atoms with van der Waals surface area (Å²) >= 11 is 0. The first-order chi connectivity index (χ1) is 9.74. The predicted molar refractivity (Wildman–Crippen MR) is 83.8 cm³/mol. The summed E-state index contributed by atoms with van der Waals surface area (Å²) in [6.45, 7) is 18.1. The van der Waals surface area contributed by atoms with Gasteiger partial charge < -0.3 is 29.9 Å². The van der Waals surface area contributed by atoms with Gasteiger partial charge in [-0.3, -0.25) is 0 Å². The zero-order chi connectivity index (χ0) is 17.1. The van der Waals surface area contributed by atoms with Gasteiger partial charge in [-0.1, -0.05) is 0 Å². The van der Waals surface area contributed by atoms with Crippen LogP contribution in [0.1, 0.15) is 13.8 Å². The third-order valence-corrected chi connectivity index (χ3v) is 0.979. The molecule has 0 saturated carbocycles. The van der Waals surface area contributed by atoms with Crippen LogP contribution in [0.25, 0.3) is 0 Å². The highest BCUT2D eigenvalue weighted by atomic mass is 16.5. The number of hydrogen-bond acceptors (Lipinski definition) is 6. The van der Waals surface area contributed by atoms with Gasteiger partial charge in [0.15, 0.2) is 0 Å². The van der Waals surface area contributed by atoms with Gasteiger partial charge in [0.1, 0.15) is 0 Å². The number of aliphatic hydroxyl groups excluding tert-OH is 4. The van der Waals surface area contributed by atoms with Gasteiger partial charge in [0.2, 0.25) is 0 Å². The van der Waals surface area contributed by atoms with E-state index in [1.54, 1.807) is 0 Å². The Kier molecular flexibility index (Phi) is 100. The molecule has 20 heavy (non-hydrogen) atoms. The molecule has 126 valence electrons. The van der Waals surface area contributed by atoms with Gasteiger partial charge >= 0.3 is 0 Å². The standard InChI is InChI=1S/2C4H10O2.C2H6O2.2C2H4/c2*1-2-6-4-3-5;3-1-2-4;2*1-2/h2*5H,2-4H2,1H3;3-4H,1-2H2;2*1-2H2. The number of hydrogen-bond donors (Lipinski definition) is 4. The van der Waals surface area contributed by atoms with Crippen LogP contribution >= 0.6 is 0 Å². The lowest BCUT2D eigenvalue weighted by atomic mass is 10.8. The van der Waals surface area contributed by atoms with E-state index < -0.39 is 0 Å². The molecular formula is C14H34O6. The molecule has 0 radical (unpaired) electrons. The van der Waals surface area contributed by atoms with Crippen molar-refractivity contribution in [2.24, 2.45) is 0 Å². The van der Waals surface area contributed by atoms with Gasteiger partial charge in [0, 0.05) is 13.2 Å². The minimum absolute atomic E-state index is 0.125. The van der Waals surface area contributed by atoms with Crippen LogP contribution in [0.2, 0.25) is 0 Å². The van der Waals surface area contributed by atoms with Gasteiger partial charge in [-0.2, -0.15) is 0 Å². The quantitative estimate of drug-likeness (QED) is 0.406. The molecule has 0 heterocycles. The van der Waals surface area contributed by atoms with Crippen molar-refractivity contribution in [1.29, 1.82) is 0 Å². The molecule has 0 aliphatic heterocycles. The molecule has 0 rings (SSSR count). The fourth-order valence-electron chi connectivity index (χ4n) is 0.418. The summed E-state index contributed by atoms with van der Waals surface area (Å²) in [4.78, 5) is 0. The average molecular weight is 298 g/mol. The van der Waals surface area contributed by atoms with Crippen LogP contribution in [0.15, 0.2) is 26.3 Å². The van der Waals surface area contributed by atoms with Crippen LogP contribution < -0.4 is 0 Å². The Morgan fingerprint density at radius 3 is 0.900 bits per heavy atom. The van der Waals surface area contributed by atoms with Gasteiger partial charge in [-0.05, 0) is 13.8 Å². The minimum Gasteiger partial charge on any atom is -0.394 e. The van der Waals surface area contributed by atoms with Crippen LogP contribution in [-0.4, -0.2) is 73.3 Å². The van der Waals surface area contributed by atoms with Crippen molar-refractivity contribution in [2.75, 3.05) is 52.9 Å². The predicted octanol–water partition coefficient (Wildman–Crippen LogP) is 0.606. The van der Waals surface area contributed by atoms with Crippen molar-refractivity contribution < 1.29 is 29.9 Å². The second-order valence-electron chi connectivity index (χ2n) is 2.29. The fraction of sp³-hybridized carbons (Fsp3) is 0.714. The van der Waals surface area contributed by atoms with Crippen LogP contribution in [0.4, 0.5) is 0 Å². The monoisotopic (exact) mass is 298 g/mol. The third kappa shape index (κ3) is 117. The normalized spacial score (nSPS) is 7.30. The van der Waals surface area contributed by atoms with E-state index in [9.17, 15) is 0 Å². The second kappa shape index (κ2) is 63.5. The molecule has 0 atom stereocenters. The van der Waals surface area contributed by atoms with Crippen LogP contribution in [-0.2, 0) is 9.47 Å². The maximum Gasteiger partial charge on any atom is 0.0697 e. The molecule has 0 unspecified atom stereocenters. The summed E-state index contributed by atoms with van der Waals surface area (Å²) in [6.07, 6.45) is 0. The van der Waals surface area contributed by atoms with E-state index in [0.29, 0.717) is 26.4 Å². The molecule has 4 N–H and O–H groups in total. The van der Waals surface area contributed by atoms with E-state index in [2.05, 4.69) is 26.3 Å². The summed E-state index contributed by atoms with van der Waals surface area (Å²) in [7, 11) is 0. The molecule has 0 aromatic heterocycles. The topological polar surface area (TPSA) is 99.4 Å². The molecule has 0 amide bonds. The van der Waals surface area contributed by atoms with Crippen LogP contribution in [0.5, 0.6) is 0 Å². The van der Waals surface area contributed by atoms with Crippen molar-refractivity contribution in [2.45, 2.75) is 13.8 Å². The highest BCUT2D eigenvalue weighted by Gasteiger charge is 1.74. The molecule has 0 fully saturated rings. The summed E-state index contributed by atoms with van der Waals surface area (Å²) in [5.74, 6) is 0. The van der Waals surface area contributed by atoms with E-state index in [1.807, 2.05) is 13.8 Å². The molecule has 0 aliphatic rings. The largest absolute Gasteiger partial charge is 0.394 e. The zero-order valence-corrected chi connectivity index (χ0v) is 13.1. The van der Waals surface area contributed by atoms with E-state index in [1.165, 1.54) is 0 Å². The Balaban J connectivity index is -0.0000000506. The second-order valence-corrected chi connectivity index (χ2v) is 2.29. The lowest BCUT2D eigenvalue weighted by Gasteiger charge is -1.91. The summed E-state index contributed by atoms with van der Waals surface area (Å²) in [6, 6.07) is 0. The molecule has 0 spiro atoms. The Hall–Kier alpha value is -0.760. The van der Waals surface area contributed by atoms with Crippen LogP contribution in [0.3, 0.4) is 0 Å². The molecule has 0 aromatic carbocycles. The Morgan fingerprint density at radius 1 is 0.600 bits per heavy atom. The number of ether oxygens (including phenoxy) is 2. The highest BCUT2D eigenvalue weighted by molar-refractivity contribution is 4.22. The summed E-state index contributed by atoms with van der Waals surface area (Å²) < 4.78 is 9.47. The summed E-state index contributed by atoms with van der Waals surface area (Å²) in [5, 5.41) is 31.4. The Labute approximate surface area is 124 Å². The SMILES string of the molecule is C=C.C=C.CCOCCO.CCOCCO.OCCO. The number of aliphatic hydroxyl groups is 4. The lowest BCUT2D eigenvalue weighted by Crippen LogP contribution is -1.96. The zero-order valence-electron chi connectivity index (χ0n) is 13.1. The summed E-state index contributed by atoms with van der Waals surface area (Å²) in [5.41, 5.74) is 0. The van der Waals surface area contributed by atoms with E-state index in [-0.39, 0.29) is 26.4 Å². The van der Waals surface area contributed by atoms with Crippen molar-refractivity contribution >= 4 is 0 Å². The maximum absolute atomic E-state index is 8.07. The molecule has 0 bridgehead atoms. The van der Waals surface area contributed by atoms with Crippen molar-refractivity contribution in [3.63, 3.8) is 0 Å². The van der Waals surface area contributed by atoms with Crippen molar-refractivity contribution in [3.8, 4) is 0 Å². The van der Waals surface area contributed by atoms with E-state index in [0.717, 1.165) is 0 Å². The van der Waals surface area contributed by atoms with Crippen LogP contribution in [0, 0.1) is 0 Å². The first kappa shape index (κ1) is 31.6. The lowest BCUT2D eigenvalue weighted by molar-refractivity contribution is 0.102. The maximum atomic E-state index is 8.07. The van der Waals surface area contributed by atoms with E-state index in [4.69, 9.17) is 29.9 Å². The molecular weight excluding hydrogens is 264 g/mol. The van der Waals surface area contributed by atoms with E-state index >= 15 is 0 Å². The molecule has 6 heteroatoms. The Bertz CT molecular complexity index is 83.7. The van der Waals surface area contributed by atoms with Gasteiger partial charge in [-0.25, -0.2) is 0 Å². The smallest absolute Gasteiger partial charge is 0.0697 e. The number of rotatable bonds is 7. The fourth-order valence-corrected chi connectivity index (χ4v) is 0.418. The van der Waals surface area contributed by atoms with Gasteiger partial charge in [0.05, 0.1) is 39.6 Å².